The van der Waals surface area contributed by atoms with E-state index in [1.165, 1.54) is 5.56 Å². The molecule has 1 heteroatoms. The Morgan fingerprint density at radius 1 is 1.22 bits per heavy atom. The van der Waals surface area contributed by atoms with Gasteiger partial charge in [0.05, 0.1) is 5.60 Å². The highest BCUT2D eigenvalue weighted by Gasteiger charge is 2.42. The molecule has 0 fully saturated rings. The summed E-state index contributed by atoms with van der Waals surface area (Å²) in [6.07, 6.45) is 4.73. The van der Waals surface area contributed by atoms with E-state index in [1.54, 1.807) is 0 Å². The molecule has 0 aliphatic rings. The number of aliphatic hydroxyl groups is 1. The van der Waals surface area contributed by atoms with Crippen LogP contribution in [0.15, 0.2) is 36.9 Å². The first-order valence-electron chi connectivity index (χ1n) is 6.80. The third-order valence-corrected chi connectivity index (χ3v) is 4.00. The van der Waals surface area contributed by atoms with Crippen molar-refractivity contribution in [2.45, 2.75) is 52.6 Å². The van der Waals surface area contributed by atoms with E-state index in [4.69, 9.17) is 0 Å². The van der Waals surface area contributed by atoms with E-state index in [0.29, 0.717) is 0 Å². The fourth-order valence-electron chi connectivity index (χ4n) is 2.27. The minimum Gasteiger partial charge on any atom is -0.384 e. The molecule has 0 aliphatic heterocycles. The van der Waals surface area contributed by atoms with Crippen LogP contribution in [0.25, 0.3) is 0 Å². The van der Waals surface area contributed by atoms with Crippen molar-refractivity contribution in [2.24, 2.45) is 5.41 Å². The SMILES string of the molecule is C=CC(C)(C)C(O)(CCCC)c1ccc(C)cc1. The molecule has 18 heavy (non-hydrogen) atoms. The summed E-state index contributed by atoms with van der Waals surface area (Å²) < 4.78 is 0. The smallest absolute Gasteiger partial charge is 0.0981 e. The molecule has 0 spiro atoms. The molecular formula is C17H26O. The van der Waals surface area contributed by atoms with Crippen LogP contribution in [-0.4, -0.2) is 5.11 Å². The largest absolute Gasteiger partial charge is 0.384 e. The van der Waals surface area contributed by atoms with E-state index < -0.39 is 5.60 Å². The van der Waals surface area contributed by atoms with Crippen molar-refractivity contribution >= 4 is 0 Å². The minimum atomic E-state index is -0.835. The second kappa shape index (κ2) is 5.71. The van der Waals surface area contributed by atoms with Crippen molar-refractivity contribution in [1.29, 1.82) is 0 Å². The Bertz CT molecular complexity index is 389. The number of hydrogen-bond donors (Lipinski definition) is 1. The lowest BCUT2D eigenvalue weighted by Crippen LogP contribution is -2.40. The van der Waals surface area contributed by atoms with Crippen LogP contribution in [0.1, 0.15) is 51.2 Å². The van der Waals surface area contributed by atoms with Crippen molar-refractivity contribution < 1.29 is 5.11 Å². The second-order valence-electron chi connectivity index (χ2n) is 5.76. The average Bonchev–Trinajstić information content (AvgIpc) is 2.36. The fourth-order valence-corrected chi connectivity index (χ4v) is 2.27. The van der Waals surface area contributed by atoms with Crippen molar-refractivity contribution in [3.63, 3.8) is 0 Å². The van der Waals surface area contributed by atoms with Gasteiger partial charge >= 0.3 is 0 Å². The standard InChI is InChI=1S/C17H26O/c1-6-8-13-17(18,16(4,5)7-2)15-11-9-14(3)10-12-15/h7,9-12,18H,2,6,8,13H2,1,3-5H3. The number of aryl methyl sites for hydroxylation is 1. The van der Waals surface area contributed by atoms with Crippen LogP contribution < -0.4 is 0 Å². The van der Waals surface area contributed by atoms with Crippen molar-refractivity contribution in [3.8, 4) is 0 Å². The summed E-state index contributed by atoms with van der Waals surface area (Å²) in [5.41, 5.74) is 1.04. The zero-order valence-electron chi connectivity index (χ0n) is 12.2. The molecule has 0 radical (unpaired) electrons. The van der Waals surface area contributed by atoms with E-state index in [0.717, 1.165) is 24.8 Å². The summed E-state index contributed by atoms with van der Waals surface area (Å²) in [5, 5.41) is 11.2. The van der Waals surface area contributed by atoms with Gasteiger partial charge in [0.25, 0.3) is 0 Å². The summed E-state index contributed by atoms with van der Waals surface area (Å²) in [4.78, 5) is 0. The van der Waals surface area contributed by atoms with E-state index >= 15 is 0 Å². The average molecular weight is 246 g/mol. The maximum atomic E-state index is 11.2. The van der Waals surface area contributed by atoms with Gasteiger partial charge in [-0.3, -0.25) is 0 Å². The van der Waals surface area contributed by atoms with Gasteiger partial charge in [-0.25, -0.2) is 0 Å². The van der Waals surface area contributed by atoms with Crippen LogP contribution in [-0.2, 0) is 5.60 Å². The Morgan fingerprint density at radius 3 is 2.22 bits per heavy atom. The fraction of sp³-hybridized carbons (Fsp3) is 0.529. The first-order chi connectivity index (χ1) is 8.37. The molecule has 1 rings (SSSR count). The zero-order chi connectivity index (χ0) is 13.8. The van der Waals surface area contributed by atoms with Gasteiger partial charge in [0.15, 0.2) is 0 Å². The summed E-state index contributed by atoms with van der Waals surface area (Å²) in [7, 11) is 0. The molecule has 1 unspecified atom stereocenters. The van der Waals surface area contributed by atoms with E-state index in [1.807, 2.05) is 18.2 Å². The Morgan fingerprint density at radius 2 is 1.78 bits per heavy atom. The third kappa shape index (κ3) is 2.84. The van der Waals surface area contributed by atoms with Crippen LogP contribution >= 0.6 is 0 Å². The van der Waals surface area contributed by atoms with Gasteiger partial charge in [0, 0.05) is 5.41 Å². The molecule has 1 atom stereocenters. The summed E-state index contributed by atoms with van der Waals surface area (Å²) in [5.74, 6) is 0. The molecule has 0 bridgehead atoms. The Labute approximate surface area is 112 Å². The summed E-state index contributed by atoms with van der Waals surface area (Å²) >= 11 is 0. The number of hydrogen-bond acceptors (Lipinski definition) is 1. The molecule has 1 aromatic rings. The van der Waals surface area contributed by atoms with Crippen LogP contribution in [0.4, 0.5) is 0 Å². The lowest BCUT2D eigenvalue weighted by Gasteiger charge is -2.41. The molecule has 0 saturated heterocycles. The molecular weight excluding hydrogens is 220 g/mol. The molecule has 1 N–H and O–H groups in total. The molecule has 0 amide bonds. The highest BCUT2D eigenvalue weighted by Crippen LogP contribution is 2.44. The predicted octanol–water partition coefficient (Wildman–Crippen LogP) is 4.59. The van der Waals surface area contributed by atoms with Gasteiger partial charge in [-0.1, -0.05) is 69.5 Å². The highest BCUT2D eigenvalue weighted by atomic mass is 16.3. The van der Waals surface area contributed by atoms with Gasteiger partial charge in [-0.2, -0.15) is 0 Å². The predicted molar refractivity (Wildman–Crippen MR) is 78.6 cm³/mol. The third-order valence-electron chi connectivity index (χ3n) is 4.00. The van der Waals surface area contributed by atoms with Gasteiger partial charge in [0.2, 0.25) is 0 Å². The number of rotatable bonds is 6. The molecule has 0 aromatic heterocycles. The van der Waals surface area contributed by atoms with E-state index in [9.17, 15) is 5.11 Å². The van der Waals surface area contributed by atoms with Crippen LogP contribution in [0, 0.1) is 12.3 Å². The van der Waals surface area contributed by atoms with Crippen LogP contribution in [0.2, 0.25) is 0 Å². The van der Waals surface area contributed by atoms with E-state index in [2.05, 4.69) is 46.4 Å². The van der Waals surface area contributed by atoms with Crippen molar-refractivity contribution in [1.82, 2.24) is 0 Å². The maximum Gasteiger partial charge on any atom is 0.0981 e. The first kappa shape index (κ1) is 15.0. The first-order valence-corrected chi connectivity index (χ1v) is 6.80. The quantitative estimate of drug-likeness (QED) is 0.728. The molecule has 0 saturated carbocycles. The summed E-state index contributed by atoms with van der Waals surface area (Å²) in [6.45, 7) is 12.2. The van der Waals surface area contributed by atoms with Gasteiger partial charge in [-0.05, 0) is 18.9 Å². The molecule has 0 heterocycles. The van der Waals surface area contributed by atoms with Gasteiger partial charge in [0.1, 0.15) is 0 Å². The molecule has 100 valence electrons. The van der Waals surface area contributed by atoms with Gasteiger partial charge < -0.3 is 5.11 Å². The Hall–Kier alpha value is -1.08. The molecule has 1 nitrogen and oxygen atoms in total. The Balaban J connectivity index is 3.19. The number of unbranched alkanes of at least 4 members (excludes halogenated alkanes) is 1. The highest BCUT2D eigenvalue weighted by molar-refractivity contribution is 5.29. The molecule has 0 aliphatic carbocycles. The number of benzene rings is 1. The normalized spacial score (nSPS) is 15.2. The minimum absolute atomic E-state index is 0.336. The summed E-state index contributed by atoms with van der Waals surface area (Å²) in [6, 6.07) is 8.20. The lowest BCUT2D eigenvalue weighted by molar-refractivity contribution is -0.0576. The van der Waals surface area contributed by atoms with Crippen LogP contribution in [0.3, 0.4) is 0 Å². The van der Waals surface area contributed by atoms with E-state index in [-0.39, 0.29) is 5.41 Å². The zero-order valence-corrected chi connectivity index (χ0v) is 12.2. The van der Waals surface area contributed by atoms with Gasteiger partial charge in [-0.15, -0.1) is 6.58 Å². The topological polar surface area (TPSA) is 20.2 Å². The van der Waals surface area contributed by atoms with Crippen molar-refractivity contribution in [3.05, 3.63) is 48.0 Å². The molecule has 1 aromatic carbocycles. The lowest BCUT2D eigenvalue weighted by atomic mass is 9.68. The second-order valence-corrected chi connectivity index (χ2v) is 5.76. The maximum absolute atomic E-state index is 11.2. The Kier molecular flexibility index (Phi) is 4.75. The monoisotopic (exact) mass is 246 g/mol. The van der Waals surface area contributed by atoms with Crippen molar-refractivity contribution in [2.75, 3.05) is 0 Å². The van der Waals surface area contributed by atoms with Crippen LogP contribution in [0.5, 0.6) is 0 Å².